The van der Waals surface area contributed by atoms with Crippen molar-refractivity contribution in [3.05, 3.63) is 40.4 Å². The summed E-state index contributed by atoms with van der Waals surface area (Å²) in [6.45, 7) is 6.68. The van der Waals surface area contributed by atoms with Gasteiger partial charge in [-0.3, -0.25) is 4.79 Å². The second-order valence-corrected chi connectivity index (χ2v) is 10.5. The molecular weight excluding hydrogens is 484 g/mol. The minimum atomic E-state index is -1.60. The zero-order valence-electron chi connectivity index (χ0n) is 21.6. The number of Topliss-reactive ketones (excluding diaryl/α,β-unsaturated/α-hetero) is 1. The van der Waals surface area contributed by atoms with E-state index in [9.17, 15) is 14.7 Å². The number of ketones is 1. The Balaban J connectivity index is 1.69. The molecule has 1 unspecified atom stereocenters. The lowest BCUT2D eigenvalue weighted by molar-refractivity contribution is -0.317. The van der Waals surface area contributed by atoms with Crippen LogP contribution < -0.4 is 14.2 Å². The zero-order chi connectivity index (χ0) is 26.5. The number of carbonyl (C=O) groups excluding carboxylic acids is 2. The highest BCUT2D eigenvalue weighted by molar-refractivity contribution is 6.07. The van der Waals surface area contributed by atoms with Crippen LogP contribution in [0.15, 0.2) is 29.2 Å². The van der Waals surface area contributed by atoms with E-state index >= 15 is 0 Å². The Labute approximate surface area is 214 Å². The van der Waals surface area contributed by atoms with Crippen LogP contribution in [0.3, 0.4) is 0 Å². The van der Waals surface area contributed by atoms with Crippen molar-refractivity contribution in [3.63, 3.8) is 0 Å². The molecule has 1 saturated heterocycles. The van der Waals surface area contributed by atoms with E-state index in [4.69, 9.17) is 33.2 Å². The van der Waals surface area contributed by atoms with E-state index in [1.807, 2.05) is 6.92 Å². The molecule has 0 saturated carbocycles. The third-order valence-corrected chi connectivity index (χ3v) is 8.91. The van der Waals surface area contributed by atoms with Gasteiger partial charge in [-0.05, 0) is 32.4 Å². The average Bonchev–Trinajstić information content (AvgIpc) is 3.52. The van der Waals surface area contributed by atoms with E-state index in [2.05, 4.69) is 0 Å². The number of hydrogen-bond donors (Lipinski definition) is 1. The Hall–Kier alpha value is -3.24. The van der Waals surface area contributed by atoms with Gasteiger partial charge in [-0.15, -0.1) is 0 Å². The molecule has 0 amide bonds. The fourth-order valence-corrected chi connectivity index (χ4v) is 6.68. The quantitative estimate of drug-likeness (QED) is 0.474. The first-order valence-electron chi connectivity index (χ1n) is 12.3. The Morgan fingerprint density at radius 2 is 1.95 bits per heavy atom. The molecule has 4 heterocycles. The predicted molar refractivity (Wildman–Crippen MR) is 126 cm³/mol. The first-order valence-corrected chi connectivity index (χ1v) is 12.3. The topological polar surface area (TPSA) is 119 Å². The number of esters is 1. The molecule has 1 aromatic carbocycles. The van der Waals surface area contributed by atoms with E-state index < -0.39 is 46.5 Å². The zero-order valence-corrected chi connectivity index (χ0v) is 21.6. The molecule has 10 nitrogen and oxygen atoms in total. The van der Waals surface area contributed by atoms with Crippen LogP contribution in [-0.4, -0.2) is 61.8 Å². The molecule has 2 spiro atoms. The number of methoxy groups -OCH3 is 2. The Morgan fingerprint density at radius 3 is 2.62 bits per heavy atom. The van der Waals surface area contributed by atoms with Crippen LogP contribution in [0.1, 0.15) is 51.3 Å². The first kappa shape index (κ1) is 24.1. The Morgan fingerprint density at radius 1 is 1.19 bits per heavy atom. The molecule has 0 radical (unpaired) electrons. The van der Waals surface area contributed by atoms with Gasteiger partial charge in [0.15, 0.2) is 17.6 Å². The van der Waals surface area contributed by atoms with Crippen molar-refractivity contribution in [3.8, 4) is 17.2 Å². The molecule has 10 heteroatoms. The van der Waals surface area contributed by atoms with Crippen LogP contribution in [0.2, 0.25) is 0 Å². The number of fused-ring (bicyclic) bond motifs is 4. The van der Waals surface area contributed by atoms with Crippen LogP contribution in [0.4, 0.5) is 0 Å². The van der Waals surface area contributed by atoms with Gasteiger partial charge < -0.3 is 38.3 Å². The molecule has 6 atom stereocenters. The van der Waals surface area contributed by atoms with Crippen molar-refractivity contribution in [1.29, 1.82) is 0 Å². The third kappa shape index (κ3) is 2.67. The molecule has 0 aromatic heterocycles. The molecule has 2 bridgehead atoms. The molecule has 1 N–H and O–H groups in total. The molecule has 1 fully saturated rings. The second-order valence-electron chi connectivity index (χ2n) is 10.5. The summed E-state index contributed by atoms with van der Waals surface area (Å²) in [7, 11) is 2.84. The van der Waals surface area contributed by atoms with Crippen molar-refractivity contribution >= 4 is 11.8 Å². The van der Waals surface area contributed by atoms with E-state index in [1.54, 1.807) is 32.9 Å². The SMILES string of the molecule is C/C=C(/C)C(=O)O[C@@H]1[C@@](C)(O)[C@@H](C)[C@H]2O[C@@]13CC(OC)=C(OC)C(=O)C31COc3c4c(cc2c31)OCO4. The number of carbonyl (C=O) groups is 2. The third-order valence-electron chi connectivity index (χ3n) is 8.91. The van der Waals surface area contributed by atoms with Crippen molar-refractivity contribution in [2.24, 2.45) is 5.92 Å². The van der Waals surface area contributed by atoms with Crippen molar-refractivity contribution in [2.45, 2.75) is 62.9 Å². The van der Waals surface area contributed by atoms with Crippen LogP contribution in [-0.2, 0) is 34.0 Å². The molecule has 198 valence electrons. The molecule has 1 aromatic rings. The highest BCUT2D eigenvalue weighted by Gasteiger charge is 2.79. The van der Waals surface area contributed by atoms with E-state index in [0.717, 1.165) is 0 Å². The lowest BCUT2D eigenvalue weighted by Gasteiger charge is -2.64. The molecule has 5 aliphatic rings. The minimum absolute atomic E-state index is 0.00129. The fraction of sp³-hybridized carbons (Fsp3) is 0.556. The summed E-state index contributed by atoms with van der Waals surface area (Å²) in [4.78, 5) is 27.6. The lowest BCUT2D eigenvalue weighted by atomic mass is 9.50. The van der Waals surface area contributed by atoms with Gasteiger partial charge in [0.1, 0.15) is 29.0 Å². The van der Waals surface area contributed by atoms with Gasteiger partial charge in [0.25, 0.3) is 0 Å². The maximum atomic E-state index is 14.5. The summed E-state index contributed by atoms with van der Waals surface area (Å²) < 4.78 is 41.8. The number of allylic oxidation sites excluding steroid dienone is 2. The van der Waals surface area contributed by atoms with Crippen LogP contribution in [0.5, 0.6) is 17.2 Å². The summed E-state index contributed by atoms with van der Waals surface area (Å²) in [6, 6.07) is 1.80. The first-order chi connectivity index (χ1) is 17.6. The summed E-state index contributed by atoms with van der Waals surface area (Å²) >= 11 is 0. The summed E-state index contributed by atoms with van der Waals surface area (Å²) in [5, 5.41) is 12.1. The predicted octanol–water partition coefficient (Wildman–Crippen LogP) is 2.61. The highest BCUT2D eigenvalue weighted by atomic mass is 16.7. The number of hydrogen-bond acceptors (Lipinski definition) is 10. The average molecular weight is 515 g/mol. The number of benzene rings is 1. The monoisotopic (exact) mass is 514 g/mol. The van der Waals surface area contributed by atoms with Crippen molar-refractivity contribution < 1.29 is 47.9 Å². The molecular formula is C27H30O10. The van der Waals surface area contributed by atoms with Crippen molar-refractivity contribution in [2.75, 3.05) is 27.6 Å². The summed E-state index contributed by atoms with van der Waals surface area (Å²) in [5.41, 5.74) is -3.05. The van der Waals surface area contributed by atoms with Crippen LogP contribution in [0, 0.1) is 5.92 Å². The van der Waals surface area contributed by atoms with Gasteiger partial charge in [0.2, 0.25) is 24.1 Å². The molecule has 1 aliphatic carbocycles. The van der Waals surface area contributed by atoms with E-state index in [0.29, 0.717) is 33.9 Å². The lowest BCUT2D eigenvalue weighted by Crippen LogP contribution is -2.78. The largest absolute Gasteiger partial charge is 0.497 e. The van der Waals surface area contributed by atoms with Crippen LogP contribution >= 0.6 is 0 Å². The number of aliphatic hydroxyl groups is 1. The van der Waals surface area contributed by atoms with Gasteiger partial charge in [-0.2, -0.15) is 0 Å². The highest BCUT2D eigenvalue weighted by Crippen LogP contribution is 2.69. The van der Waals surface area contributed by atoms with E-state index in [1.165, 1.54) is 14.2 Å². The van der Waals surface area contributed by atoms with E-state index in [-0.39, 0.29) is 31.3 Å². The molecule has 6 rings (SSSR count). The maximum absolute atomic E-state index is 14.5. The number of rotatable bonds is 4. The van der Waals surface area contributed by atoms with Crippen molar-refractivity contribution in [1.82, 2.24) is 0 Å². The summed E-state index contributed by atoms with van der Waals surface area (Å²) in [6.07, 6.45) is -0.291. The molecule has 37 heavy (non-hydrogen) atoms. The normalized spacial score (nSPS) is 37.0. The molecule has 4 aliphatic heterocycles. The Kier molecular flexibility index (Phi) is 4.98. The maximum Gasteiger partial charge on any atom is 0.333 e. The summed E-state index contributed by atoms with van der Waals surface area (Å²) in [5.74, 6) is -0.0349. The smallest absolute Gasteiger partial charge is 0.333 e. The number of ether oxygens (including phenoxy) is 7. The standard InChI is InChI=1S/C27H30O10/c1-7-12(2)23(29)36-24-25(4,30)13(3)18-14-8-15-19(35-11-34-15)21-17(14)26(10-33-21)22(28)20(32-6)16(31-5)9-27(24,26)37-18/h7-8,13,18,24,30H,9-11H2,1-6H3/b12-7-/t13-,18+,24+,25-,26?,27-/m0/s1. The van der Waals surface area contributed by atoms with Gasteiger partial charge >= 0.3 is 5.97 Å². The minimum Gasteiger partial charge on any atom is -0.497 e. The van der Waals surface area contributed by atoms with Gasteiger partial charge in [0.05, 0.1) is 20.3 Å². The van der Waals surface area contributed by atoms with Crippen LogP contribution in [0.25, 0.3) is 0 Å². The second kappa shape index (κ2) is 7.64. The van der Waals surface area contributed by atoms with Gasteiger partial charge in [-0.25, -0.2) is 4.79 Å². The Bertz CT molecular complexity index is 1290. The fourth-order valence-electron chi connectivity index (χ4n) is 6.68. The van der Waals surface area contributed by atoms with Gasteiger partial charge in [-0.1, -0.05) is 13.0 Å². The van der Waals surface area contributed by atoms with Gasteiger partial charge in [0, 0.05) is 23.5 Å².